The third-order valence-corrected chi connectivity index (χ3v) is 4.45. The SMILES string of the molecule is c1ccc([C@@H]2[C@H](c3ccccc3)O[C@H]3CCCN32)cc1. The van der Waals surface area contributed by atoms with Crippen LogP contribution in [0.4, 0.5) is 0 Å². The highest BCUT2D eigenvalue weighted by Crippen LogP contribution is 2.47. The number of benzene rings is 2. The van der Waals surface area contributed by atoms with Gasteiger partial charge in [0, 0.05) is 6.54 Å². The number of hydrogen-bond acceptors (Lipinski definition) is 2. The van der Waals surface area contributed by atoms with Crippen molar-refractivity contribution < 1.29 is 4.74 Å². The molecule has 0 unspecified atom stereocenters. The quantitative estimate of drug-likeness (QED) is 0.816. The lowest BCUT2D eigenvalue weighted by Crippen LogP contribution is -2.26. The van der Waals surface area contributed by atoms with Crippen LogP contribution < -0.4 is 0 Å². The van der Waals surface area contributed by atoms with E-state index in [4.69, 9.17) is 4.74 Å². The molecule has 2 aliphatic heterocycles. The molecule has 2 aliphatic rings. The van der Waals surface area contributed by atoms with Gasteiger partial charge in [-0.3, -0.25) is 4.90 Å². The normalized spacial score (nSPS) is 29.5. The molecule has 0 bridgehead atoms. The number of ether oxygens (including phenoxy) is 1. The van der Waals surface area contributed by atoms with Crippen molar-refractivity contribution in [2.24, 2.45) is 0 Å². The average Bonchev–Trinajstić information content (AvgIpc) is 3.09. The van der Waals surface area contributed by atoms with Crippen LogP contribution in [0.15, 0.2) is 60.7 Å². The summed E-state index contributed by atoms with van der Waals surface area (Å²) in [5.74, 6) is 0. The van der Waals surface area contributed by atoms with Crippen molar-refractivity contribution in [3.8, 4) is 0 Å². The topological polar surface area (TPSA) is 12.5 Å². The van der Waals surface area contributed by atoms with Gasteiger partial charge in [-0.05, 0) is 24.0 Å². The molecular weight excluding hydrogens is 246 g/mol. The van der Waals surface area contributed by atoms with Gasteiger partial charge < -0.3 is 4.74 Å². The highest BCUT2D eigenvalue weighted by Gasteiger charge is 2.45. The molecule has 2 fully saturated rings. The second-order valence-corrected chi connectivity index (χ2v) is 5.66. The third kappa shape index (κ3) is 1.96. The lowest BCUT2D eigenvalue weighted by molar-refractivity contribution is 0.0173. The molecule has 0 saturated carbocycles. The van der Waals surface area contributed by atoms with Crippen molar-refractivity contribution in [1.29, 1.82) is 0 Å². The fourth-order valence-electron chi connectivity index (χ4n) is 3.56. The summed E-state index contributed by atoms with van der Waals surface area (Å²) in [4.78, 5) is 2.53. The maximum atomic E-state index is 6.36. The van der Waals surface area contributed by atoms with Gasteiger partial charge in [0.1, 0.15) is 12.3 Å². The molecule has 0 amide bonds. The van der Waals surface area contributed by atoms with Gasteiger partial charge in [0.15, 0.2) is 0 Å². The Hall–Kier alpha value is -1.64. The summed E-state index contributed by atoms with van der Waals surface area (Å²) in [7, 11) is 0. The first-order chi connectivity index (χ1) is 9.93. The molecule has 2 aromatic carbocycles. The minimum Gasteiger partial charge on any atom is -0.353 e. The first-order valence-electron chi connectivity index (χ1n) is 7.44. The Balaban J connectivity index is 1.74. The van der Waals surface area contributed by atoms with E-state index >= 15 is 0 Å². The van der Waals surface area contributed by atoms with Crippen LogP contribution in [-0.2, 0) is 4.74 Å². The van der Waals surface area contributed by atoms with Gasteiger partial charge in [-0.15, -0.1) is 0 Å². The highest BCUT2D eigenvalue weighted by atomic mass is 16.5. The molecule has 2 heteroatoms. The number of fused-ring (bicyclic) bond motifs is 1. The monoisotopic (exact) mass is 265 g/mol. The Morgan fingerprint density at radius 3 is 2.20 bits per heavy atom. The minimum atomic E-state index is 0.156. The van der Waals surface area contributed by atoms with E-state index in [-0.39, 0.29) is 6.10 Å². The van der Waals surface area contributed by atoms with E-state index in [0.29, 0.717) is 12.3 Å². The van der Waals surface area contributed by atoms with Crippen LogP contribution in [0.1, 0.15) is 36.1 Å². The van der Waals surface area contributed by atoms with Gasteiger partial charge in [-0.25, -0.2) is 0 Å². The number of rotatable bonds is 2. The van der Waals surface area contributed by atoms with Crippen molar-refractivity contribution in [3.63, 3.8) is 0 Å². The molecule has 0 aliphatic carbocycles. The summed E-state index contributed by atoms with van der Waals surface area (Å²) in [6, 6.07) is 21.8. The minimum absolute atomic E-state index is 0.156. The van der Waals surface area contributed by atoms with Gasteiger partial charge in [0.25, 0.3) is 0 Å². The molecule has 102 valence electrons. The number of hydrogen-bond donors (Lipinski definition) is 0. The molecule has 0 aromatic heterocycles. The van der Waals surface area contributed by atoms with E-state index < -0.39 is 0 Å². The van der Waals surface area contributed by atoms with Gasteiger partial charge >= 0.3 is 0 Å². The molecule has 0 radical (unpaired) electrons. The molecule has 2 heterocycles. The second-order valence-electron chi connectivity index (χ2n) is 5.66. The fraction of sp³-hybridized carbons (Fsp3) is 0.333. The lowest BCUT2D eigenvalue weighted by atomic mass is 9.95. The van der Waals surface area contributed by atoms with Crippen molar-refractivity contribution in [2.45, 2.75) is 31.2 Å². The Labute approximate surface area is 120 Å². The zero-order valence-corrected chi connectivity index (χ0v) is 11.5. The van der Waals surface area contributed by atoms with Crippen LogP contribution in [0, 0.1) is 0 Å². The fourth-order valence-corrected chi connectivity index (χ4v) is 3.56. The summed E-state index contributed by atoms with van der Waals surface area (Å²) < 4.78 is 6.36. The van der Waals surface area contributed by atoms with E-state index in [9.17, 15) is 0 Å². The molecule has 0 spiro atoms. The van der Waals surface area contributed by atoms with Crippen LogP contribution >= 0.6 is 0 Å². The summed E-state index contributed by atoms with van der Waals surface area (Å²) in [5, 5.41) is 0. The van der Waals surface area contributed by atoms with E-state index in [1.54, 1.807) is 0 Å². The van der Waals surface area contributed by atoms with Crippen LogP contribution in [-0.4, -0.2) is 17.7 Å². The predicted octanol–water partition coefficient (Wildman–Crippen LogP) is 3.92. The summed E-state index contributed by atoms with van der Waals surface area (Å²) in [6.07, 6.45) is 2.86. The van der Waals surface area contributed by atoms with Crippen LogP contribution in [0.25, 0.3) is 0 Å². The predicted molar refractivity (Wildman–Crippen MR) is 79.2 cm³/mol. The van der Waals surface area contributed by atoms with Crippen LogP contribution in [0.2, 0.25) is 0 Å². The third-order valence-electron chi connectivity index (χ3n) is 4.45. The first kappa shape index (κ1) is 12.1. The average molecular weight is 265 g/mol. The standard InChI is InChI=1S/C18H19NO/c1-3-8-14(9-4-1)17-18(15-10-5-2-6-11-15)20-16-12-7-13-19(16)17/h1-6,8-11,16-18H,7,12-13H2/t16-,17+,18-/m0/s1. The molecule has 2 aromatic rings. The smallest absolute Gasteiger partial charge is 0.112 e. The molecule has 20 heavy (non-hydrogen) atoms. The Kier molecular flexibility index (Phi) is 3.06. The van der Waals surface area contributed by atoms with Gasteiger partial charge in [-0.2, -0.15) is 0 Å². The van der Waals surface area contributed by atoms with Crippen LogP contribution in [0.3, 0.4) is 0 Å². The largest absolute Gasteiger partial charge is 0.353 e. The lowest BCUT2D eigenvalue weighted by Gasteiger charge is -2.25. The van der Waals surface area contributed by atoms with Gasteiger partial charge in [-0.1, -0.05) is 60.7 Å². The Bertz CT molecular complexity index is 568. The molecule has 4 rings (SSSR count). The maximum Gasteiger partial charge on any atom is 0.112 e. The van der Waals surface area contributed by atoms with E-state index in [1.807, 2.05) is 0 Å². The van der Waals surface area contributed by atoms with Crippen molar-refractivity contribution in [3.05, 3.63) is 71.8 Å². The molecule has 2 saturated heterocycles. The molecule has 2 nitrogen and oxygen atoms in total. The van der Waals surface area contributed by atoms with Gasteiger partial charge in [0.05, 0.1) is 6.04 Å². The highest BCUT2D eigenvalue weighted by molar-refractivity contribution is 5.28. The molecule has 3 atom stereocenters. The van der Waals surface area contributed by atoms with Gasteiger partial charge in [0.2, 0.25) is 0 Å². The van der Waals surface area contributed by atoms with Crippen molar-refractivity contribution in [2.75, 3.05) is 6.54 Å². The maximum absolute atomic E-state index is 6.36. The first-order valence-corrected chi connectivity index (χ1v) is 7.44. The Morgan fingerprint density at radius 1 is 0.850 bits per heavy atom. The molecular formula is C18H19NO. The van der Waals surface area contributed by atoms with E-state index in [2.05, 4.69) is 65.6 Å². The van der Waals surface area contributed by atoms with Crippen molar-refractivity contribution in [1.82, 2.24) is 4.90 Å². The number of nitrogens with zero attached hydrogens (tertiary/aromatic N) is 1. The molecule has 0 N–H and O–H groups in total. The van der Waals surface area contributed by atoms with Crippen LogP contribution in [0.5, 0.6) is 0 Å². The summed E-state index contributed by atoms with van der Waals surface area (Å²) in [6.45, 7) is 1.15. The zero-order chi connectivity index (χ0) is 13.4. The summed E-state index contributed by atoms with van der Waals surface area (Å²) in [5.41, 5.74) is 2.65. The zero-order valence-electron chi connectivity index (χ0n) is 11.5. The summed E-state index contributed by atoms with van der Waals surface area (Å²) >= 11 is 0. The second kappa shape index (κ2) is 5.04. The Morgan fingerprint density at radius 2 is 1.50 bits per heavy atom. The van der Waals surface area contributed by atoms with E-state index in [0.717, 1.165) is 13.0 Å². The van der Waals surface area contributed by atoms with E-state index in [1.165, 1.54) is 17.5 Å². The van der Waals surface area contributed by atoms with Crippen molar-refractivity contribution >= 4 is 0 Å².